The molecule has 110 valence electrons. The first-order valence-electron chi connectivity index (χ1n) is 7.11. The number of hydrogen-bond acceptors (Lipinski definition) is 3. The van der Waals surface area contributed by atoms with Gasteiger partial charge in [0.15, 0.2) is 0 Å². The molecular formula is C15H24N4O. The highest BCUT2D eigenvalue weighted by Crippen LogP contribution is 2.16. The fourth-order valence-corrected chi connectivity index (χ4v) is 2.56. The summed E-state index contributed by atoms with van der Waals surface area (Å²) in [5, 5.41) is 2.95. The maximum absolute atomic E-state index is 12.2. The van der Waals surface area contributed by atoms with Gasteiger partial charge < -0.3 is 20.9 Å². The fourth-order valence-electron chi connectivity index (χ4n) is 2.56. The molecule has 5 nitrogen and oxygen atoms in total. The van der Waals surface area contributed by atoms with Gasteiger partial charge in [-0.2, -0.15) is 0 Å². The van der Waals surface area contributed by atoms with Crippen LogP contribution < -0.4 is 11.1 Å². The van der Waals surface area contributed by atoms with Crippen LogP contribution in [0.25, 0.3) is 0 Å². The molecule has 0 spiro atoms. The van der Waals surface area contributed by atoms with E-state index in [-0.39, 0.29) is 6.03 Å². The summed E-state index contributed by atoms with van der Waals surface area (Å²) in [5.41, 5.74) is 7.44. The van der Waals surface area contributed by atoms with Crippen LogP contribution in [0.4, 0.5) is 10.5 Å². The van der Waals surface area contributed by atoms with Crippen LogP contribution in [0.15, 0.2) is 24.3 Å². The van der Waals surface area contributed by atoms with Crippen molar-refractivity contribution in [3.8, 4) is 0 Å². The molecule has 1 aliphatic rings. The number of amides is 2. The lowest BCUT2D eigenvalue weighted by atomic mass is 10.0. The van der Waals surface area contributed by atoms with Crippen LogP contribution in [0.3, 0.4) is 0 Å². The average Bonchev–Trinajstić information content (AvgIpc) is 2.47. The Kier molecular flexibility index (Phi) is 4.98. The maximum Gasteiger partial charge on any atom is 0.321 e. The molecular weight excluding hydrogens is 252 g/mol. The van der Waals surface area contributed by atoms with E-state index >= 15 is 0 Å². The molecule has 0 unspecified atom stereocenters. The Labute approximate surface area is 120 Å². The molecule has 5 heteroatoms. The van der Waals surface area contributed by atoms with Crippen LogP contribution >= 0.6 is 0 Å². The Morgan fingerprint density at radius 2 is 2.10 bits per heavy atom. The summed E-state index contributed by atoms with van der Waals surface area (Å²) in [4.78, 5) is 16.3. The number of carbonyl (C=O) groups is 1. The summed E-state index contributed by atoms with van der Waals surface area (Å²) in [6, 6.07) is 8.25. The number of hydrogen-bond donors (Lipinski definition) is 2. The topological polar surface area (TPSA) is 61.6 Å². The molecule has 0 aromatic heterocycles. The second-order valence-corrected chi connectivity index (χ2v) is 5.52. The van der Waals surface area contributed by atoms with E-state index in [1.165, 1.54) is 0 Å². The van der Waals surface area contributed by atoms with Gasteiger partial charge in [0.05, 0.1) is 0 Å². The lowest BCUT2D eigenvalue weighted by Crippen LogP contribution is -2.46. The lowest BCUT2D eigenvalue weighted by molar-refractivity contribution is 0.156. The Morgan fingerprint density at radius 1 is 1.40 bits per heavy atom. The highest BCUT2D eigenvalue weighted by Gasteiger charge is 2.23. The van der Waals surface area contributed by atoms with Gasteiger partial charge in [0.1, 0.15) is 0 Å². The van der Waals surface area contributed by atoms with Crippen LogP contribution in [0, 0.1) is 0 Å². The van der Waals surface area contributed by atoms with Gasteiger partial charge in [-0.1, -0.05) is 12.1 Å². The lowest BCUT2D eigenvalue weighted by Gasteiger charge is -2.35. The number of nitrogens with two attached hydrogens (primary N) is 1. The van der Waals surface area contributed by atoms with E-state index in [9.17, 15) is 4.79 Å². The Balaban J connectivity index is 1.89. The predicted octanol–water partition coefficient (Wildman–Crippen LogP) is 1.70. The van der Waals surface area contributed by atoms with E-state index in [1.807, 2.05) is 29.2 Å². The first-order chi connectivity index (χ1) is 9.60. The summed E-state index contributed by atoms with van der Waals surface area (Å²) in [5.74, 6) is 0. The molecule has 0 radical (unpaired) electrons. The van der Waals surface area contributed by atoms with Gasteiger partial charge in [-0.15, -0.1) is 0 Å². The molecule has 0 bridgehead atoms. The molecule has 1 aromatic carbocycles. The molecule has 1 heterocycles. The third kappa shape index (κ3) is 3.71. The van der Waals surface area contributed by atoms with Crippen LogP contribution in [-0.2, 0) is 6.54 Å². The third-order valence-electron chi connectivity index (χ3n) is 3.90. The highest BCUT2D eigenvalue weighted by molar-refractivity contribution is 5.89. The summed E-state index contributed by atoms with van der Waals surface area (Å²) in [6.07, 6.45) is 2.06. The first-order valence-corrected chi connectivity index (χ1v) is 7.11. The minimum atomic E-state index is -0.0172. The summed E-state index contributed by atoms with van der Waals surface area (Å²) in [7, 11) is 4.19. The summed E-state index contributed by atoms with van der Waals surface area (Å²) < 4.78 is 0. The van der Waals surface area contributed by atoms with Gasteiger partial charge in [0, 0.05) is 31.4 Å². The van der Waals surface area contributed by atoms with Gasteiger partial charge in [-0.05, 0) is 44.6 Å². The number of nitrogens with one attached hydrogen (secondary N) is 1. The second kappa shape index (κ2) is 6.72. The number of carbonyl (C=O) groups excluding carboxylic acids is 1. The van der Waals surface area contributed by atoms with Crippen LogP contribution in [0.5, 0.6) is 0 Å². The molecule has 2 amide bonds. The second-order valence-electron chi connectivity index (χ2n) is 5.52. The van der Waals surface area contributed by atoms with Gasteiger partial charge >= 0.3 is 6.03 Å². The smallest absolute Gasteiger partial charge is 0.321 e. The number of urea groups is 1. The minimum absolute atomic E-state index is 0.0172. The highest BCUT2D eigenvalue weighted by atomic mass is 16.2. The standard InChI is InChI=1S/C15H24N4O/c1-18(2)14-6-8-19(9-7-14)15(20)17-13-5-3-4-12(10-13)11-16/h3-5,10,14H,6-9,11,16H2,1-2H3,(H,17,20). The number of likely N-dealkylation sites (tertiary alicyclic amines) is 1. The first kappa shape index (κ1) is 14.8. The number of anilines is 1. The largest absolute Gasteiger partial charge is 0.326 e. The molecule has 3 N–H and O–H groups in total. The molecule has 0 aliphatic carbocycles. The zero-order valence-electron chi connectivity index (χ0n) is 12.3. The van der Waals surface area contributed by atoms with Gasteiger partial charge in [0.2, 0.25) is 0 Å². The molecule has 20 heavy (non-hydrogen) atoms. The molecule has 1 aliphatic heterocycles. The Bertz CT molecular complexity index is 453. The molecule has 1 fully saturated rings. The summed E-state index contributed by atoms with van der Waals surface area (Å²) >= 11 is 0. The number of nitrogens with zero attached hydrogens (tertiary/aromatic N) is 2. The van der Waals surface area contributed by atoms with E-state index in [0.717, 1.165) is 37.2 Å². The SMILES string of the molecule is CN(C)C1CCN(C(=O)Nc2cccc(CN)c2)CC1. The van der Waals surface area contributed by atoms with Gasteiger partial charge in [0.25, 0.3) is 0 Å². The Morgan fingerprint density at radius 3 is 2.70 bits per heavy atom. The van der Waals surface area contributed by atoms with Crippen molar-refractivity contribution in [2.24, 2.45) is 5.73 Å². The van der Waals surface area contributed by atoms with E-state index < -0.39 is 0 Å². The van der Waals surface area contributed by atoms with Gasteiger partial charge in [-0.3, -0.25) is 0 Å². The van der Waals surface area contributed by atoms with Crippen molar-refractivity contribution in [3.63, 3.8) is 0 Å². The van der Waals surface area contributed by atoms with Crippen molar-refractivity contribution in [2.45, 2.75) is 25.4 Å². The van der Waals surface area contributed by atoms with Crippen LogP contribution in [0.2, 0.25) is 0 Å². The van der Waals surface area contributed by atoms with E-state index in [1.54, 1.807) is 0 Å². The minimum Gasteiger partial charge on any atom is -0.326 e. The fraction of sp³-hybridized carbons (Fsp3) is 0.533. The van der Waals surface area contributed by atoms with Crippen molar-refractivity contribution in [3.05, 3.63) is 29.8 Å². The average molecular weight is 276 g/mol. The van der Waals surface area contributed by atoms with Crippen molar-refractivity contribution in [1.82, 2.24) is 9.80 Å². The maximum atomic E-state index is 12.2. The van der Waals surface area contributed by atoms with Gasteiger partial charge in [-0.25, -0.2) is 4.79 Å². The van der Waals surface area contributed by atoms with E-state index in [0.29, 0.717) is 12.6 Å². The molecule has 0 saturated carbocycles. The number of benzene rings is 1. The van der Waals surface area contributed by atoms with Crippen molar-refractivity contribution < 1.29 is 4.79 Å². The van der Waals surface area contributed by atoms with E-state index in [2.05, 4.69) is 24.3 Å². The zero-order valence-corrected chi connectivity index (χ0v) is 12.3. The molecule has 1 aromatic rings. The van der Waals surface area contributed by atoms with Crippen molar-refractivity contribution in [2.75, 3.05) is 32.5 Å². The number of piperidine rings is 1. The van der Waals surface area contributed by atoms with Crippen molar-refractivity contribution in [1.29, 1.82) is 0 Å². The third-order valence-corrected chi connectivity index (χ3v) is 3.90. The van der Waals surface area contributed by atoms with E-state index in [4.69, 9.17) is 5.73 Å². The predicted molar refractivity (Wildman–Crippen MR) is 81.6 cm³/mol. The normalized spacial score (nSPS) is 16.5. The van der Waals surface area contributed by atoms with Crippen LogP contribution in [-0.4, -0.2) is 49.1 Å². The van der Waals surface area contributed by atoms with Crippen LogP contribution in [0.1, 0.15) is 18.4 Å². The quantitative estimate of drug-likeness (QED) is 0.883. The summed E-state index contributed by atoms with van der Waals surface area (Å²) in [6.45, 7) is 2.11. The molecule has 0 atom stereocenters. The van der Waals surface area contributed by atoms with Crippen molar-refractivity contribution >= 4 is 11.7 Å². The monoisotopic (exact) mass is 276 g/mol. The Hall–Kier alpha value is -1.59. The number of rotatable bonds is 3. The molecule has 1 saturated heterocycles. The zero-order chi connectivity index (χ0) is 14.5. The molecule has 2 rings (SSSR count).